The van der Waals surface area contributed by atoms with Crippen molar-refractivity contribution < 1.29 is 18.0 Å². The van der Waals surface area contributed by atoms with Gasteiger partial charge in [-0.15, -0.1) is 0 Å². The van der Waals surface area contributed by atoms with Crippen molar-refractivity contribution in [1.29, 1.82) is 5.26 Å². The Labute approximate surface area is 132 Å². The van der Waals surface area contributed by atoms with Gasteiger partial charge in [0.15, 0.2) is 0 Å². The summed E-state index contributed by atoms with van der Waals surface area (Å²) < 4.78 is 37.5. The highest BCUT2D eigenvalue weighted by molar-refractivity contribution is 6.01. The highest BCUT2D eigenvalue weighted by Gasteiger charge is 2.29. The Morgan fingerprint density at radius 2 is 1.78 bits per heavy atom. The van der Waals surface area contributed by atoms with E-state index in [0.29, 0.717) is 5.56 Å². The standard InChI is InChI=1S/C17H17F3N2O/c18-17(19,20)14-8-6-12(7-9-14)10-13(11-21)16(23)22-15-4-2-1-3-5-15/h6-10,15H,1-5H2,(H,22,23). The lowest BCUT2D eigenvalue weighted by atomic mass is 9.95. The van der Waals surface area contributed by atoms with Gasteiger partial charge >= 0.3 is 6.18 Å². The predicted molar refractivity (Wildman–Crippen MR) is 80.0 cm³/mol. The monoisotopic (exact) mass is 322 g/mol. The van der Waals surface area contributed by atoms with Crippen LogP contribution in [-0.4, -0.2) is 11.9 Å². The van der Waals surface area contributed by atoms with Gasteiger partial charge in [-0.1, -0.05) is 31.4 Å². The highest BCUT2D eigenvalue weighted by Crippen LogP contribution is 2.29. The first kappa shape index (κ1) is 17.1. The number of amides is 1. The Balaban J connectivity index is 2.08. The van der Waals surface area contributed by atoms with Gasteiger partial charge in [-0.3, -0.25) is 4.79 Å². The summed E-state index contributed by atoms with van der Waals surface area (Å²) in [6.07, 6.45) is 1.94. The summed E-state index contributed by atoms with van der Waals surface area (Å²) in [6.45, 7) is 0. The van der Waals surface area contributed by atoms with E-state index in [0.717, 1.165) is 44.2 Å². The van der Waals surface area contributed by atoms with Crippen molar-refractivity contribution in [1.82, 2.24) is 5.32 Å². The molecule has 0 radical (unpaired) electrons. The molecule has 23 heavy (non-hydrogen) atoms. The topological polar surface area (TPSA) is 52.9 Å². The predicted octanol–water partition coefficient (Wildman–Crippen LogP) is 4.06. The Bertz CT molecular complexity index is 621. The lowest BCUT2D eigenvalue weighted by molar-refractivity contribution is -0.137. The van der Waals surface area contributed by atoms with Crippen LogP contribution < -0.4 is 5.32 Å². The zero-order chi connectivity index (χ0) is 16.9. The summed E-state index contributed by atoms with van der Waals surface area (Å²) in [6, 6.07) is 6.23. The number of benzene rings is 1. The fourth-order valence-corrected chi connectivity index (χ4v) is 2.59. The minimum Gasteiger partial charge on any atom is -0.349 e. The zero-order valence-electron chi connectivity index (χ0n) is 12.5. The van der Waals surface area contributed by atoms with Crippen molar-refractivity contribution in [3.63, 3.8) is 0 Å². The molecule has 1 aromatic carbocycles. The molecule has 1 aliphatic rings. The average molecular weight is 322 g/mol. The fraction of sp³-hybridized carbons (Fsp3) is 0.412. The SMILES string of the molecule is N#CC(=Cc1ccc(C(F)(F)F)cc1)C(=O)NC1CCCCC1. The quantitative estimate of drug-likeness (QED) is 0.674. The summed E-state index contributed by atoms with van der Waals surface area (Å²) in [4.78, 5) is 12.1. The number of rotatable bonds is 3. The molecule has 1 saturated carbocycles. The van der Waals surface area contributed by atoms with Crippen LogP contribution in [-0.2, 0) is 11.0 Å². The van der Waals surface area contributed by atoms with Gasteiger partial charge in [0.2, 0.25) is 0 Å². The van der Waals surface area contributed by atoms with Crippen LogP contribution in [0.3, 0.4) is 0 Å². The first-order chi connectivity index (χ1) is 10.9. The molecule has 1 N–H and O–H groups in total. The van der Waals surface area contributed by atoms with Gasteiger partial charge in [-0.2, -0.15) is 18.4 Å². The number of nitrogens with one attached hydrogen (secondary N) is 1. The van der Waals surface area contributed by atoms with Gasteiger partial charge in [-0.05, 0) is 36.6 Å². The third-order valence-electron chi connectivity index (χ3n) is 3.85. The molecule has 0 unspecified atom stereocenters. The van der Waals surface area contributed by atoms with E-state index in [1.54, 1.807) is 0 Å². The number of alkyl halides is 3. The van der Waals surface area contributed by atoms with Crippen LogP contribution in [0.4, 0.5) is 13.2 Å². The molecular weight excluding hydrogens is 305 g/mol. The molecule has 1 aromatic rings. The van der Waals surface area contributed by atoms with Crippen LogP contribution in [0.2, 0.25) is 0 Å². The first-order valence-electron chi connectivity index (χ1n) is 7.50. The molecule has 1 fully saturated rings. The third kappa shape index (κ3) is 4.85. The van der Waals surface area contributed by atoms with Gasteiger partial charge < -0.3 is 5.32 Å². The van der Waals surface area contributed by atoms with Crippen molar-refractivity contribution in [2.24, 2.45) is 0 Å². The Morgan fingerprint density at radius 1 is 1.17 bits per heavy atom. The highest BCUT2D eigenvalue weighted by atomic mass is 19.4. The third-order valence-corrected chi connectivity index (χ3v) is 3.85. The molecule has 0 atom stereocenters. The lowest BCUT2D eigenvalue weighted by Gasteiger charge is -2.22. The minimum absolute atomic E-state index is 0.0700. The molecule has 0 saturated heterocycles. The van der Waals surface area contributed by atoms with Crippen LogP contribution in [0.25, 0.3) is 6.08 Å². The molecule has 1 amide bonds. The van der Waals surface area contributed by atoms with Crippen LogP contribution in [0, 0.1) is 11.3 Å². The number of carbonyl (C=O) groups excluding carboxylic acids is 1. The maximum Gasteiger partial charge on any atom is 0.416 e. The molecule has 122 valence electrons. The Kier molecular flexibility index (Phi) is 5.43. The van der Waals surface area contributed by atoms with Crippen molar-refractivity contribution in [3.05, 3.63) is 41.0 Å². The van der Waals surface area contributed by atoms with Gasteiger partial charge in [0.05, 0.1) is 5.56 Å². The van der Waals surface area contributed by atoms with Crippen molar-refractivity contribution in [2.45, 2.75) is 44.3 Å². The fourth-order valence-electron chi connectivity index (χ4n) is 2.59. The maximum atomic E-state index is 12.5. The molecule has 0 heterocycles. The minimum atomic E-state index is -4.40. The number of carbonyl (C=O) groups is 1. The van der Waals surface area contributed by atoms with E-state index in [4.69, 9.17) is 5.26 Å². The number of nitrogens with zero attached hydrogens (tertiary/aromatic N) is 1. The Morgan fingerprint density at radius 3 is 2.30 bits per heavy atom. The largest absolute Gasteiger partial charge is 0.416 e. The van der Waals surface area contributed by atoms with Crippen LogP contribution in [0.5, 0.6) is 0 Å². The average Bonchev–Trinajstić information content (AvgIpc) is 2.53. The van der Waals surface area contributed by atoms with Gasteiger partial charge in [-0.25, -0.2) is 0 Å². The normalized spacial score (nSPS) is 16.7. The molecule has 2 rings (SSSR count). The van der Waals surface area contributed by atoms with Gasteiger partial charge in [0, 0.05) is 6.04 Å². The second kappa shape index (κ2) is 7.32. The number of nitriles is 1. The van der Waals surface area contributed by atoms with Crippen molar-refractivity contribution in [3.8, 4) is 6.07 Å². The molecule has 6 heteroatoms. The molecule has 0 aromatic heterocycles. The summed E-state index contributed by atoms with van der Waals surface area (Å²) in [5.41, 5.74) is -0.483. The van der Waals surface area contributed by atoms with E-state index in [1.165, 1.54) is 18.2 Å². The molecule has 3 nitrogen and oxygen atoms in total. The number of hydrogen-bond acceptors (Lipinski definition) is 2. The van der Waals surface area contributed by atoms with Crippen LogP contribution in [0.15, 0.2) is 29.8 Å². The molecular formula is C17H17F3N2O. The summed E-state index contributed by atoms with van der Waals surface area (Å²) in [5, 5.41) is 11.9. The number of halogens is 3. The summed E-state index contributed by atoms with van der Waals surface area (Å²) >= 11 is 0. The van der Waals surface area contributed by atoms with Crippen molar-refractivity contribution in [2.75, 3.05) is 0 Å². The van der Waals surface area contributed by atoms with E-state index in [1.807, 2.05) is 6.07 Å². The van der Waals surface area contributed by atoms with E-state index >= 15 is 0 Å². The second-order valence-electron chi connectivity index (χ2n) is 5.60. The molecule has 0 bridgehead atoms. The Hall–Kier alpha value is -2.29. The smallest absolute Gasteiger partial charge is 0.349 e. The summed E-state index contributed by atoms with van der Waals surface area (Å²) in [5.74, 6) is -0.473. The van der Waals surface area contributed by atoms with E-state index in [-0.39, 0.29) is 11.6 Å². The van der Waals surface area contributed by atoms with E-state index in [9.17, 15) is 18.0 Å². The molecule has 1 aliphatic carbocycles. The van der Waals surface area contributed by atoms with Crippen LogP contribution >= 0.6 is 0 Å². The van der Waals surface area contributed by atoms with Gasteiger partial charge in [0.25, 0.3) is 5.91 Å². The zero-order valence-corrected chi connectivity index (χ0v) is 12.5. The molecule has 0 spiro atoms. The first-order valence-corrected chi connectivity index (χ1v) is 7.50. The van der Waals surface area contributed by atoms with Gasteiger partial charge in [0.1, 0.15) is 11.6 Å². The van der Waals surface area contributed by atoms with Crippen LogP contribution in [0.1, 0.15) is 43.2 Å². The molecule has 0 aliphatic heterocycles. The van der Waals surface area contributed by atoms with E-state index in [2.05, 4.69) is 5.32 Å². The lowest BCUT2D eigenvalue weighted by Crippen LogP contribution is -2.36. The van der Waals surface area contributed by atoms with E-state index < -0.39 is 17.6 Å². The van der Waals surface area contributed by atoms with Crippen molar-refractivity contribution >= 4 is 12.0 Å². The number of hydrogen-bond donors (Lipinski definition) is 1. The summed E-state index contributed by atoms with van der Waals surface area (Å²) in [7, 11) is 0. The maximum absolute atomic E-state index is 12.5. The second-order valence-corrected chi connectivity index (χ2v) is 5.60.